The standard InChI is InChI=1S/C23H15ClFNO3S/c24-17-7-5-15(6-8-17)14-29-20-4-2-1-3-16(20)13-21-22(27)26(23(28)30-21)19-11-9-18(25)10-12-19/h1-13H,14H2/b21-13-. The van der Waals surface area contributed by atoms with Crippen molar-refractivity contribution in [3.63, 3.8) is 0 Å². The van der Waals surface area contributed by atoms with Crippen molar-refractivity contribution in [3.05, 3.63) is 99.7 Å². The number of para-hydroxylation sites is 1. The lowest BCUT2D eigenvalue weighted by Crippen LogP contribution is -2.27. The molecule has 0 spiro atoms. The average Bonchev–Trinajstić information content (AvgIpc) is 3.02. The highest BCUT2D eigenvalue weighted by Crippen LogP contribution is 2.37. The molecule has 3 aromatic rings. The van der Waals surface area contributed by atoms with Crippen LogP contribution in [0.25, 0.3) is 6.08 Å². The molecule has 3 aromatic carbocycles. The number of nitrogens with zero attached hydrogens (tertiary/aromatic N) is 1. The minimum atomic E-state index is -0.455. The topological polar surface area (TPSA) is 46.6 Å². The van der Waals surface area contributed by atoms with Crippen LogP contribution in [-0.2, 0) is 11.4 Å². The minimum absolute atomic E-state index is 0.270. The first-order valence-electron chi connectivity index (χ1n) is 9.01. The maximum Gasteiger partial charge on any atom is 0.298 e. The van der Waals surface area contributed by atoms with Crippen LogP contribution in [0.5, 0.6) is 5.75 Å². The summed E-state index contributed by atoms with van der Waals surface area (Å²) in [4.78, 5) is 26.5. The maximum absolute atomic E-state index is 13.2. The van der Waals surface area contributed by atoms with Gasteiger partial charge < -0.3 is 4.74 Å². The Morgan fingerprint density at radius 2 is 1.67 bits per heavy atom. The first-order chi connectivity index (χ1) is 14.5. The van der Waals surface area contributed by atoms with Crippen LogP contribution < -0.4 is 9.64 Å². The van der Waals surface area contributed by atoms with Crippen molar-refractivity contribution in [2.75, 3.05) is 4.90 Å². The molecule has 0 aliphatic carbocycles. The highest BCUT2D eigenvalue weighted by Gasteiger charge is 2.36. The van der Waals surface area contributed by atoms with E-state index >= 15 is 0 Å². The zero-order chi connectivity index (χ0) is 21.1. The van der Waals surface area contributed by atoms with Crippen molar-refractivity contribution in [3.8, 4) is 5.75 Å². The molecule has 0 N–H and O–H groups in total. The molecule has 4 rings (SSSR count). The lowest BCUT2D eigenvalue weighted by molar-refractivity contribution is -0.113. The number of thioether (sulfide) groups is 1. The van der Waals surface area contributed by atoms with Crippen molar-refractivity contribution in [2.24, 2.45) is 0 Å². The van der Waals surface area contributed by atoms with Crippen LogP contribution in [0.15, 0.2) is 77.7 Å². The quantitative estimate of drug-likeness (QED) is 0.438. The van der Waals surface area contributed by atoms with E-state index in [4.69, 9.17) is 16.3 Å². The number of benzene rings is 3. The third kappa shape index (κ3) is 4.40. The number of ether oxygens (including phenoxy) is 1. The Kier molecular flexibility index (Phi) is 5.88. The molecular formula is C23H15ClFNO3S. The first-order valence-corrected chi connectivity index (χ1v) is 10.2. The molecule has 1 heterocycles. The van der Waals surface area contributed by atoms with E-state index in [2.05, 4.69) is 0 Å². The van der Waals surface area contributed by atoms with Crippen LogP contribution in [-0.4, -0.2) is 11.1 Å². The molecule has 150 valence electrons. The Balaban J connectivity index is 1.56. The fraction of sp³-hybridized carbons (Fsp3) is 0.0435. The van der Waals surface area contributed by atoms with Crippen LogP contribution in [0.4, 0.5) is 14.9 Å². The highest BCUT2D eigenvalue weighted by atomic mass is 35.5. The molecule has 30 heavy (non-hydrogen) atoms. The summed E-state index contributed by atoms with van der Waals surface area (Å²) in [6, 6.07) is 19.8. The summed E-state index contributed by atoms with van der Waals surface area (Å²) in [5.41, 5.74) is 1.96. The molecule has 0 unspecified atom stereocenters. The molecule has 1 saturated heterocycles. The second-order valence-corrected chi connectivity index (χ2v) is 7.88. The van der Waals surface area contributed by atoms with Gasteiger partial charge in [-0.2, -0.15) is 0 Å². The van der Waals surface area contributed by atoms with Crippen molar-refractivity contribution in [1.29, 1.82) is 0 Å². The Bertz CT molecular complexity index is 1130. The summed E-state index contributed by atoms with van der Waals surface area (Å²) < 4.78 is 19.1. The van der Waals surface area contributed by atoms with Gasteiger partial charge in [0, 0.05) is 10.6 Å². The second-order valence-electron chi connectivity index (χ2n) is 6.45. The van der Waals surface area contributed by atoms with E-state index in [9.17, 15) is 14.0 Å². The van der Waals surface area contributed by atoms with Gasteiger partial charge in [-0.25, -0.2) is 9.29 Å². The van der Waals surface area contributed by atoms with Gasteiger partial charge in [-0.1, -0.05) is 41.9 Å². The fourth-order valence-electron chi connectivity index (χ4n) is 2.89. The van der Waals surface area contributed by atoms with Crippen molar-refractivity contribution in [1.82, 2.24) is 0 Å². The van der Waals surface area contributed by atoms with E-state index in [1.54, 1.807) is 24.3 Å². The minimum Gasteiger partial charge on any atom is -0.488 e. The van der Waals surface area contributed by atoms with Crippen LogP contribution in [0.1, 0.15) is 11.1 Å². The summed E-state index contributed by atoms with van der Waals surface area (Å²) in [5, 5.41) is 0.216. The number of imide groups is 1. The van der Waals surface area contributed by atoms with Gasteiger partial charge in [0.05, 0.1) is 10.6 Å². The molecule has 0 radical (unpaired) electrons. The molecule has 0 bridgehead atoms. The van der Waals surface area contributed by atoms with Crippen LogP contribution in [0, 0.1) is 5.82 Å². The smallest absolute Gasteiger partial charge is 0.298 e. The van der Waals surface area contributed by atoms with Crippen molar-refractivity contribution < 1.29 is 18.7 Å². The third-order valence-corrected chi connectivity index (χ3v) is 5.51. The molecule has 1 fully saturated rings. The van der Waals surface area contributed by atoms with E-state index in [0.29, 0.717) is 28.6 Å². The number of hydrogen-bond acceptors (Lipinski definition) is 4. The molecular weight excluding hydrogens is 425 g/mol. The van der Waals surface area contributed by atoms with E-state index in [0.717, 1.165) is 22.2 Å². The summed E-state index contributed by atoms with van der Waals surface area (Å²) in [5.74, 6) is -0.307. The number of halogens is 2. The predicted molar refractivity (Wildman–Crippen MR) is 117 cm³/mol. The molecule has 0 aromatic heterocycles. The predicted octanol–water partition coefficient (Wildman–Crippen LogP) is 6.30. The SMILES string of the molecule is O=C1S/C(=C\c2ccccc2OCc2ccc(Cl)cc2)C(=O)N1c1ccc(F)cc1. The van der Waals surface area contributed by atoms with Gasteiger partial charge in [0.25, 0.3) is 11.1 Å². The van der Waals surface area contributed by atoms with Crippen molar-refractivity contribution >= 4 is 46.3 Å². The Morgan fingerprint density at radius 3 is 2.40 bits per heavy atom. The molecule has 1 aliphatic heterocycles. The van der Waals surface area contributed by atoms with Gasteiger partial charge in [0.15, 0.2) is 0 Å². The zero-order valence-electron chi connectivity index (χ0n) is 15.5. The fourth-order valence-corrected chi connectivity index (χ4v) is 3.85. The summed E-state index contributed by atoms with van der Waals surface area (Å²) in [6.07, 6.45) is 1.63. The summed E-state index contributed by atoms with van der Waals surface area (Å²) in [7, 11) is 0. The number of carbonyl (C=O) groups is 2. The largest absolute Gasteiger partial charge is 0.488 e. The molecule has 7 heteroatoms. The Labute approximate surface area is 181 Å². The number of carbonyl (C=O) groups excluding carboxylic acids is 2. The molecule has 1 aliphatic rings. The number of amides is 2. The van der Waals surface area contributed by atoms with E-state index in [1.165, 1.54) is 24.3 Å². The summed E-state index contributed by atoms with van der Waals surface area (Å²) >= 11 is 6.74. The number of hydrogen-bond donors (Lipinski definition) is 0. The normalized spacial score (nSPS) is 15.1. The zero-order valence-corrected chi connectivity index (χ0v) is 17.1. The third-order valence-electron chi connectivity index (χ3n) is 4.39. The summed E-state index contributed by atoms with van der Waals surface area (Å²) in [6.45, 7) is 0.332. The van der Waals surface area contributed by atoms with Gasteiger partial charge >= 0.3 is 0 Å². The van der Waals surface area contributed by atoms with Gasteiger partial charge in [-0.05, 0) is 65.9 Å². The Morgan fingerprint density at radius 1 is 0.967 bits per heavy atom. The van der Waals surface area contributed by atoms with Gasteiger partial charge in [-0.3, -0.25) is 9.59 Å². The van der Waals surface area contributed by atoms with Crippen LogP contribution in [0.2, 0.25) is 5.02 Å². The van der Waals surface area contributed by atoms with E-state index < -0.39 is 17.0 Å². The monoisotopic (exact) mass is 439 g/mol. The van der Waals surface area contributed by atoms with Crippen LogP contribution >= 0.6 is 23.4 Å². The number of rotatable bonds is 5. The van der Waals surface area contributed by atoms with Crippen LogP contribution in [0.3, 0.4) is 0 Å². The number of anilines is 1. The molecule has 0 atom stereocenters. The van der Waals surface area contributed by atoms with E-state index in [-0.39, 0.29) is 4.91 Å². The van der Waals surface area contributed by atoms with E-state index in [1.807, 2.05) is 30.3 Å². The van der Waals surface area contributed by atoms with Crippen molar-refractivity contribution in [2.45, 2.75) is 6.61 Å². The maximum atomic E-state index is 13.2. The lowest BCUT2D eigenvalue weighted by atomic mass is 10.1. The van der Waals surface area contributed by atoms with Gasteiger partial charge in [0.1, 0.15) is 18.2 Å². The lowest BCUT2D eigenvalue weighted by Gasteiger charge is -2.12. The van der Waals surface area contributed by atoms with Gasteiger partial charge in [0.2, 0.25) is 0 Å². The first kappa shape index (κ1) is 20.2. The second kappa shape index (κ2) is 8.73. The average molecular weight is 440 g/mol. The molecule has 0 saturated carbocycles. The highest BCUT2D eigenvalue weighted by molar-refractivity contribution is 8.19. The molecule has 4 nitrogen and oxygen atoms in total. The Hall–Kier alpha value is -3.09. The molecule has 2 amide bonds. The van der Waals surface area contributed by atoms with Gasteiger partial charge in [-0.15, -0.1) is 0 Å².